The number of rotatable bonds is 6. The van der Waals surface area contributed by atoms with Crippen molar-refractivity contribution in [2.45, 2.75) is 19.0 Å². The summed E-state index contributed by atoms with van der Waals surface area (Å²) >= 11 is 1.28. The Morgan fingerprint density at radius 3 is 2.50 bits per heavy atom. The highest BCUT2D eigenvalue weighted by Crippen LogP contribution is 2.21. The van der Waals surface area contributed by atoms with E-state index in [9.17, 15) is 4.79 Å². The summed E-state index contributed by atoms with van der Waals surface area (Å²) < 4.78 is 6.74. The Morgan fingerprint density at radius 2 is 1.85 bits per heavy atom. The Bertz CT molecular complexity index is 888. The summed E-state index contributed by atoms with van der Waals surface area (Å²) in [5, 5.41) is 15.1. The van der Waals surface area contributed by atoms with Gasteiger partial charge in [0.1, 0.15) is 5.75 Å². The molecule has 1 amide bonds. The van der Waals surface area contributed by atoms with Gasteiger partial charge in [-0.2, -0.15) is 4.68 Å². The Hall–Kier alpha value is -2.87. The molecule has 8 heteroatoms. The summed E-state index contributed by atoms with van der Waals surface area (Å²) in [5.41, 5.74) is 3.81. The largest absolute Gasteiger partial charge is 0.497 e. The van der Waals surface area contributed by atoms with E-state index in [-0.39, 0.29) is 11.7 Å². The van der Waals surface area contributed by atoms with E-state index in [0.717, 1.165) is 28.3 Å². The molecule has 0 saturated carbocycles. The van der Waals surface area contributed by atoms with Crippen LogP contribution in [0, 0.1) is 13.8 Å². The van der Waals surface area contributed by atoms with Gasteiger partial charge in [-0.1, -0.05) is 17.8 Å². The molecule has 3 aromatic rings. The zero-order valence-corrected chi connectivity index (χ0v) is 15.6. The summed E-state index contributed by atoms with van der Waals surface area (Å²) in [7, 11) is 1.61. The Kier molecular flexibility index (Phi) is 5.52. The number of methoxy groups -OCH3 is 1. The normalized spacial score (nSPS) is 10.6. The fourth-order valence-electron chi connectivity index (χ4n) is 2.53. The predicted molar refractivity (Wildman–Crippen MR) is 101 cm³/mol. The van der Waals surface area contributed by atoms with Crippen LogP contribution in [0.1, 0.15) is 11.1 Å². The van der Waals surface area contributed by atoms with Crippen molar-refractivity contribution in [3.63, 3.8) is 0 Å². The van der Waals surface area contributed by atoms with Gasteiger partial charge in [-0.3, -0.25) is 4.79 Å². The summed E-state index contributed by atoms with van der Waals surface area (Å²) in [6, 6.07) is 13.3. The molecule has 2 aromatic carbocycles. The molecule has 134 valence electrons. The van der Waals surface area contributed by atoms with Crippen LogP contribution in [0.5, 0.6) is 5.75 Å². The third-order valence-corrected chi connectivity index (χ3v) is 4.52. The van der Waals surface area contributed by atoms with E-state index in [0.29, 0.717) is 5.16 Å². The van der Waals surface area contributed by atoms with Gasteiger partial charge < -0.3 is 10.1 Å². The number of carbonyl (C=O) groups is 1. The van der Waals surface area contributed by atoms with Crippen molar-refractivity contribution in [2.24, 2.45) is 0 Å². The van der Waals surface area contributed by atoms with Crippen molar-refractivity contribution in [1.29, 1.82) is 0 Å². The second kappa shape index (κ2) is 8.01. The Balaban J connectivity index is 1.64. The van der Waals surface area contributed by atoms with Gasteiger partial charge in [0.2, 0.25) is 11.1 Å². The topological polar surface area (TPSA) is 81.9 Å². The van der Waals surface area contributed by atoms with Gasteiger partial charge >= 0.3 is 0 Å². The number of aryl methyl sites for hydroxylation is 2. The van der Waals surface area contributed by atoms with Crippen LogP contribution in [0.25, 0.3) is 5.69 Å². The number of thioether (sulfide) groups is 1. The first-order valence-electron chi connectivity index (χ1n) is 7.99. The molecule has 26 heavy (non-hydrogen) atoms. The van der Waals surface area contributed by atoms with Crippen LogP contribution in [0.15, 0.2) is 47.6 Å². The second-order valence-electron chi connectivity index (χ2n) is 5.78. The highest BCUT2D eigenvalue weighted by molar-refractivity contribution is 7.99. The third-order valence-electron chi connectivity index (χ3n) is 3.60. The molecule has 0 aliphatic heterocycles. The van der Waals surface area contributed by atoms with Crippen LogP contribution in [0.4, 0.5) is 5.69 Å². The number of aromatic nitrogens is 4. The third kappa shape index (κ3) is 4.40. The Morgan fingerprint density at radius 1 is 1.15 bits per heavy atom. The molecule has 1 aromatic heterocycles. The monoisotopic (exact) mass is 369 g/mol. The highest BCUT2D eigenvalue weighted by atomic mass is 32.2. The lowest BCUT2D eigenvalue weighted by Crippen LogP contribution is -2.14. The van der Waals surface area contributed by atoms with Gasteiger partial charge in [0.15, 0.2) is 0 Å². The van der Waals surface area contributed by atoms with E-state index in [2.05, 4.69) is 26.9 Å². The lowest BCUT2D eigenvalue weighted by Gasteiger charge is -2.08. The number of benzene rings is 2. The minimum Gasteiger partial charge on any atom is -0.497 e. The van der Waals surface area contributed by atoms with Gasteiger partial charge in [0, 0.05) is 5.69 Å². The molecule has 0 bridgehead atoms. The van der Waals surface area contributed by atoms with Gasteiger partial charge in [-0.15, -0.1) is 5.10 Å². The number of tetrazole rings is 1. The van der Waals surface area contributed by atoms with Crippen molar-refractivity contribution in [2.75, 3.05) is 18.2 Å². The quantitative estimate of drug-likeness (QED) is 0.673. The lowest BCUT2D eigenvalue weighted by molar-refractivity contribution is -0.113. The second-order valence-corrected chi connectivity index (χ2v) is 6.73. The zero-order chi connectivity index (χ0) is 18.5. The molecule has 0 unspecified atom stereocenters. The average Bonchev–Trinajstić information content (AvgIpc) is 3.07. The number of ether oxygens (including phenoxy) is 1. The summed E-state index contributed by atoms with van der Waals surface area (Å²) in [5.74, 6) is 0.858. The van der Waals surface area contributed by atoms with Crippen molar-refractivity contribution >= 4 is 23.4 Å². The standard InChI is InChI=1S/C18H19N5O2S/c1-12-8-13(2)10-14(9-12)19-17(24)11-26-18-20-21-22-23(18)15-4-6-16(25-3)7-5-15/h4-10H,11H2,1-3H3,(H,19,24). The van der Waals surface area contributed by atoms with Gasteiger partial charge in [0.05, 0.1) is 18.6 Å². The van der Waals surface area contributed by atoms with Crippen LogP contribution >= 0.6 is 11.8 Å². The molecule has 7 nitrogen and oxygen atoms in total. The van der Waals surface area contributed by atoms with Crippen LogP contribution in [-0.2, 0) is 4.79 Å². The van der Waals surface area contributed by atoms with Crippen LogP contribution in [0.3, 0.4) is 0 Å². The maximum atomic E-state index is 12.2. The molecular formula is C18H19N5O2S. The van der Waals surface area contributed by atoms with E-state index in [1.165, 1.54) is 11.8 Å². The minimum atomic E-state index is -0.107. The molecule has 0 aliphatic carbocycles. The van der Waals surface area contributed by atoms with Crippen LogP contribution in [0.2, 0.25) is 0 Å². The number of hydrogen-bond acceptors (Lipinski definition) is 6. The van der Waals surface area contributed by atoms with E-state index < -0.39 is 0 Å². The van der Waals surface area contributed by atoms with Crippen LogP contribution in [-0.4, -0.2) is 39.0 Å². The zero-order valence-electron chi connectivity index (χ0n) is 14.8. The molecular weight excluding hydrogens is 350 g/mol. The van der Waals surface area contributed by atoms with Crippen molar-refractivity contribution < 1.29 is 9.53 Å². The van der Waals surface area contributed by atoms with E-state index in [1.807, 2.05) is 50.2 Å². The molecule has 0 atom stereocenters. The molecule has 1 heterocycles. The summed E-state index contributed by atoms with van der Waals surface area (Å²) in [6.07, 6.45) is 0. The minimum absolute atomic E-state index is 0.107. The highest BCUT2D eigenvalue weighted by Gasteiger charge is 2.12. The first-order chi connectivity index (χ1) is 12.5. The summed E-state index contributed by atoms with van der Waals surface area (Å²) in [6.45, 7) is 4.00. The molecule has 0 saturated heterocycles. The number of amides is 1. The molecule has 1 N–H and O–H groups in total. The van der Waals surface area contributed by atoms with Crippen molar-refractivity contribution in [3.05, 3.63) is 53.6 Å². The number of nitrogens with zero attached hydrogens (tertiary/aromatic N) is 4. The fourth-order valence-corrected chi connectivity index (χ4v) is 3.22. The first kappa shape index (κ1) is 17.9. The SMILES string of the molecule is COc1ccc(-n2nnnc2SCC(=O)Nc2cc(C)cc(C)c2)cc1. The smallest absolute Gasteiger partial charge is 0.234 e. The number of hydrogen-bond donors (Lipinski definition) is 1. The van der Waals surface area contributed by atoms with Gasteiger partial charge in [0.25, 0.3) is 0 Å². The Labute approximate surface area is 155 Å². The average molecular weight is 369 g/mol. The van der Waals surface area contributed by atoms with E-state index in [4.69, 9.17) is 4.74 Å². The van der Waals surface area contributed by atoms with Gasteiger partial charge in [-0.05, 0) is 71.8 Å². The molecule has 3 rings (SSSR count). The van der Waals surface area contributed by atoms with E-state index >= 15 is 0 Å². The van der Waals surface area contributed by atoms with Gasteiger partial charge in [-0.25, -0.2) is 0 Å². The van der Waals surface area contributed by atoms with E-state index in [1.54, 1.807) is 11.8 Å². The first-order valence-corrected chi connectivity index (χ1v) is 8.97. The summed E-state index contributed by atoms with van der Waals surface area (Å²) in [4.78, 5) is 12.2. The van der Waals surface area contributed by atoms with Crippen molar-refractivity contribution in [3.8, 4) is 11.4 Å². The maximum Gasteiger partial charge on any atom is 0.234 e. The fraction of sp³-hybridized carbons (Fsp3) is 0.222. The maximum absolute atomic E-state index is 12.2. The number of nitrogens with one attached hydrogen (secondary N) is 1. The molecule has 0 radical (unpaired) electrons. The lowest BCUT2D eigenvalue weighted by atomic mass is 10.1. The number of anilines is 1. The molecule has 0 aliphatic rings. The van der Waals surface area contributed by atoms with Crippen LogP contribution < -0.4 is 10.1 Å². The molecule has 0 fully saturated rings. The predicted octanol–water partition coefficient (Wildman–Crippen LogP) is 3.02. The molecule has 0 spiro atoms. The van der Waals surface area contributed by atoms with Crippen molar-refractivity contribution in [1.82, 2.24) is 20.2 Å². The number of carbonyl (C=O) groups excluding carboxylic acids is 1.